The van der Waals surface area contributed by atoms with E-state index in [2.05, 4.69) is 36.5 Å². The predicted octanol–water partition coefficient (Wildman–Crippen LogP) is 3.10. The fourth-order valence-electron chi connectivity index (χ4n) is 4.32. The molecule has 1 aliphatic heterocycles. The van der Waals surface area contributed by atoms with Gasteiger partial charge in [-0.3, -0.25) is 9.69 Å². The number of para-hydroxylation sites is 1. The summed E-state index contributed by atoms with van der Waals surface area (Å²) in [5.74, 6) is 0.000124. The first-order chi connectivity index (χ1) is 14.0. The van der Waals surface area contributed by atoms with Gasteiger partial charge in [0.2, 0.25) is 5.91 Å². The highest BCUT2D eigenvalue weighted by Gasteiger charge is 2.49. The SMILES string of the molecule is CCc1ccc(C2CC(C(=O)Nc3ccccc3)CN(C(O)C3(N)CC3)C2)cc1. The van der Waals surface area contributed by atoms with Crippen LogP contribution in [0.15, 0.2) is 54.6 Å². The fraction of sp³-hybridized carbons (Fsp3) is 0.458. The van der Waals surface area contributed by atoms with E-state index < -0.39 is 11.8 Å². The first kappa shape index (κ1) is 20.1. The van der Waals surface area contributed by atoms with Crippen molar-refractivity contribution in [2.24, 2.45) is 11.7 Å². The number of carbonyl (C=O) groups excluding carboxylic acids is 1. The molecular weight excluding hydrogens is 362 g/mol. The van der Waals surface area contributed by atoms with Gasteiger partial charge in [0.15, 0.2) is 0 Å². The van der Waals surface area contributed by atoms with Crippen LogP contribution in [0.3, 0.4) is 0 Å². The Morgan fingerprint density at radius 1 is 1.17 bits per heavy atom. The average molecular weight is 394 g/mol. The number of likely N-dealkylation sites (tertiary alicyclic amines) is 1. The second-order valence-corrected chi connectivity index (χ2v) is 8.64. The summed E-state index contributed by atoms with van der Waals surface area (Å²) < 4.78 is 0. The van der Waals surface area contributed by atoms with Gasteiger partial charge >= 0.3 is 0 Å². The molecule has 1 amide bonds. The van der Waals surface area contributed by atoms with Crippen LogP contribution in [0.2, 0.25) is 0 Å². The van der Waals surface area contributed by atoms with Crippen LogP contribution in [0.25, 0.3) is 0 Å². The number of nitrogens with one attached hydrogen (secondary N) is 1. The first-order valence-electron chi connectivity index (χ1n) is 10.6. The van der Waals surface area contributed by atoms with Crippen LogP contribution < -0.4 is 11.1 Å². The van der Waals surface area contributed by atoms with Crippen LogP contribution in [0, 0.1) is 5.92 Å². The second-order valence-electron chi connectivity index (χ2n) is 8.64. The second kappa shape index (κ2) is 8.27. The maximum Gasteiger partial charge on any atom is 0.228 e. The number of aryl methyl sites for hydroxylation is 1. The van der Waals surface area contributed by atoms with Crippen molar-refractivity contribution in [2.75, 3.05) is 18.4 Å². The molecule has 1 saturated heterocycles. The van der Waals surface area contributed by atoms with E-state index in [-0.39, 0.29) is 17.7 Å². The third-order valence-electron chi connectivity index (χ3n) is 6.44. The molecule has 3 unspecified atom stereocenters. The number of rotatable bonds is 6. The molecule has 4 N–H and O–H groups in total. The van der Waals surface area contributed by atoms with Gasteiger partial charge in [-0.05, 0) is 54.9 Å². The Kier molecular flexibility index (Phi) is 5.72. The van der Waals surface area contributed by atoms with E-state index >= 15 is 0 Å². The summed E-state index contributed by atoms with van der Waals surface area (Å²) in [6, 6.07) is 18.2. The third-order valence-corrected chi connectivity index (χ3v) is 6.44. The van der Waals surface area contributed by atoms with Gasteiger partial charge in [-0.25, -0.2) is 0 Å². The lowest BCUT2D eigenvalue weighted by atomic mass is 9.83. The number of aliphatic hydroxyl groups is 1. The van der Waals surface area contributed by atoms with E-state index in [1.807, 2.05) is 35.2 Å². The summed E-state index contributed by atoms with van der Waals surface area (Å²) in [4.78, 5) is 15.0. The van der Waals surface area contributed by atoms with E-state index in [0.717, 1.165) is 37.9 Å². The molecule has 154 valence electrons. The van der Waals surface area contributed by atoms with Crippen molar-refractivity contribution >= 4 is 11.6 Å². The monoisotopic (exact) mass is 393 g/mol. The van der Waals surface area contributed by atoms with Gasteiger partial charge in [-0.2, -0.15) is 0 Å². The molecule has 2 aliphatic rings. The van der Waals surface area contributed by atoms with Crippen molar-refractivity contribution in [2.45, 2.75) is 50.3 Å². The lowest BCUT2D eigenvalue weighted by Gasteiger charge is -2.41. The molecule has 2 aromatic carbocycles. The number of hydrogen-bond acceptors (Lipinski definition) is 4. The van der Waals surface area contributed by atoms with E-state index in [9.17, 15) is 9.90 Å². The van der Waals surface area contributed by atoms with Gasteiger partial charge in [-0.1, -0.05) is 49.4 Å². The van der Waals surface area contributed by atoms with Crippen LogP contribution in [0.5, 0.6) is 0 Å². The molecule has 1 saturated carbocycles. The molecule has 4 rings (SSSR count). The molecule has 1 aliphatic carbocycles. The van der Waals surface area contributed by atoms with E-state index in [1.165, 1.54) is 11.1 Å². The van der Waals surface area contributed by atoms with Crippen LogP contribution in [-0.4, -0.2) is 40.8 Å². The summed E-state index contributed by atoms with van der Waals surface area (Å²) in [6.07, 6.45) is 2.74. The number of benzene rings is 2. The highest BCUT2D eigenvalue weighted by atomic mass is 16.3. The number of carbonyl (C=O) groups is 1. The van der Waals surface area contributed by atoms with Crippen molar-refractivity contribution < 1.29 is 9.90 Å². The molecule has 2 aromatic rings. The summed E-state index contributed by atoms with van der Waals surface area (Å²) in [6.45, 7) is 3.40. The van der Waals surface area contributed by atoms with E-state index in [4.69, 9.17) is 5.73 Å². The van der Waals surface area contributed by atoms with Gasteiger partial charge in [-0.15, -0.1) is 0 Å². The van der Waals surface area contributed by atoms with Gasteiger partial charge in [0, 0.05) is 18.8 Å². The Labute approximate surface area is 172 Å². The zero-order valence-corrected chi connectivity index (χ0v) is 17.1. The van der Waals surface area contributed by atoms with E-state index in [1.54, 1.807) is 0 Å². The molecule has 0 radical (unpaired) electrons. The van der Waals surface area contributed by atoms with Crippen molar-refractivity contribution in [3.8, 4) is 0 Å². The fourth-order valence-corrected chi connectivity index (χ4v) is 4.32. The number of nitrogens with zero attached hydrogens (tertiary/aromatic N) is 1. The summed E-state index contributed by atoms with van der Waals surface area (Å²) in [7, 11) is 0. The molecule has 0 bridgehead atoms. The highest BCUT2D eigenvalue weighted by molar-refractivity contribution is 5.92. The molecule has 0 spiro atoms. The number of nitrogens with two attached hydrogens (primary N) is 1. The quantitative estimate of drug-likeness (QED) is 0.705. The van der Waals surface area contributed by atoms with Crippen LogP contribution in [0.4, 0.5) is 5.69 Å². The molecule has 3 atom stereocenters. The summed E-state index contributed by atoms with van der Waals surface area (Å²) >= 11 is 0. The maximum absolute atomic E-state index is 13.0. The average Bonchev–Trinajstić information content (AvgIpc) is 3.52. The Morgan fingerprint density at radius 2 is 1.86 bits per heavy atom. The predicted molar refractivity (Wildman–Crippen MR) is 115 cm³/mol. The first-order valence-corrected chi connectivity index (χ1v) is 10.6. The number of aliphatic hydroxyl groups excluding tert-OH is 1. The summed E-state index contributed by atoms with van der Waals surface area (Å²) in [5.41, 5.74) is 9.10. The lowest BCUT2D eigenvalue weighted by molar-refractivity contribution is -0.124. The Balaban J connectivity index is 1.54. The number of hydrogen-bond donors (Lipinski definition) is 3. The minimum Gasteiger partial charge on any atom is -0.376 e. The highest BCUT2D eigenvalue weighted by Crippen LogP contribution is 2.40. The molecular formula is C24H31N3O2. The van der Waals surface area contributed by atoms with Crippen LogP contribution in [-0.2, 0) is 11.2 Å². The van der Waals surface area contributed by atoms with Gasteiger partial charge in [0.25, 0.3) is 0 Å². The normalized spacial score (nSPS) is 24.7. The Bertz CT molecular complexity index is 833. The smallest absolute Gasteiger partial charge is 0.228 e. The minimum atomic E-state index is -0.702. The van der Waals surface area contributed by atoms with Crippen molar-refractivity contribution in [1.29, 1.82) is 0 Å². The van der Waals surface area contributed by atoms with E-state index in [0.29, 0.717) is 6.54 Å². The standard InChI is InChI=1S/C24H31N3O2/c1-2-17-8-10-18(11-9-17)19-14-20(22(28)26-21-6-4-3-5-7-21)16-27(15-19)23(29)24(25)12-13-24/h3-11,19-20,23,29H,2,12-16,25H2,1H3,(H,26,28). The van der Waals surface area contributed by atoms with Crippen molar-refractivity contribution in [3.63, 3.8) is 0 Å². The third kappa shape index (κ3) is 4.53. The molecule has 5 heteroatoms. The lowest BCUT2D eigenvalue weighted by Crippen LogP contribution is -2.55. The number of anilines is 1. The summed E-state index contributed by atoms with van der Waals surface area (Å²) in [5, 5.41) is 13.9. The number of amides is 1. The Hall–Kier alpha value is -2.21. The molecule has 5 nitrogen and oxygen atoms in total. The zero-order valence-electron chi connectivity index (χ0n) is 17.1. The van der Waals surface area contributed by atoms with Gasteiger partial charge < -0.3 is 16.2 Å². The van der Waals surface area contributed by atoms with Crippen molar-refractivity contribution in [1.82, 2.24) is 4.90 Å². The van der Waals surface area contributed by atoms with Gasteiger partial charge in [0.1, 0.15) is 6.23 Å². The molecule has 0 aromatic heterocycles. The Morgan fingerprint density at radius 3 is 2.48 bits per heavy atom. The molecule has 1 heterocycles. The number of piperidine rings is 1. The largest absolute Gasteiger partial charge is 0.376 e. The zero-order chi connectivity index (χ0) is 20.4. The minimum absolute atomic E-state index is 0.00477. The maximum atomic E-state index is 13.0. The van der Waals surface area contributed by atoms with Crippen molar-refractivity contribution in [3.05, 3.63) is 65.7 Å². The van der Waals surface area contributed by atoms with Gasteiger partial charge in [0.05, 0.1) is 11.5 Å². The van der Waals surface area contributed by atoms with Crippen LogP contribution >= 0.6 is 0 Å². The molecule has 29 heavy (non-hydrogen) atoms. The molecule has 2 fully saturated rings. The van der Waals surface area contributed by atoms with Crippen LogP contribution in [0.1, 0.15) is 43.2 Å². The topological polar surface area (TPSA) is 78.6 Å².